The van der Waals surface area contributed by atoms with Gasteiger partial charge in [-0.3, -0.25) is 4.79 Å². The van der Waals surface area contributed by atoms with Crippen molar-refractivity contribution in [1.29, 1.82) is 0 Å². The van der Waals surface area contributed by atoms with Gasteiger partial charge in [-0.05, 0) is 43.3 Å². The van der Waals surface area contributed by atoms with Crippen LogP contribution in [0.5, 0.6) is 5.75 Å². The fourth-order valence-electron chi connectivity index (χ4n) is 2.20. The Bertz CT molecular complexity index is 788. The number of benzene rings is 2. The minimum Gasteiger partial charge on any atom is -0.497 e. The Morgan fingerprint density at radius 1 is 1.10 bits per heavy atom. The molecule has 0 radical (unpaired) electrons. The van der Waals surface area contributed by atoms with Gasteiger partial charge in [0, 0.05) is 16.6 Å². The summed E-state index contributed by atoms with van der Waals surface area (Å²) in [4.78, 5) is 15.4. The van der Waals surface area contributed by atoms with Crippen LogP contribution in [0.2, 0.25) is 0 Å². The van der Waals surface area contributed by atoms with Crippen LogP contribution in [0.15, 0.2) is 48.5 Å². The zero-order chi connectivity index (χ0) is 14.8. The molecule has 0 spiro atoms. The normalized spacial score (nSPS) is 10.6. The molecule has 1 aromatic heterocycles. The van der Waals surface area contributed by atoms with Gasteiger partial charge in [-0.1, -0.05) is 17.7 Å². The number of aromatic amines is 1. The number of carbonyl (C=O) groups excluding carboxylic acids is 1. The van der Waals surface area contributed by atoms with Crippen LogP contribution in [0.25, 0.3) is 10.9 Å². The molecule has 4 nitrogen and oxygen atoms in total. The lowest BCUT2D eigenvalue weighted by Gasteiger charge is -2.03. The number of anilines is 1. The van der Waals surface area contributed by atoms with Crippen LogP contribution >= 0.6 is 0 Å². The van der Waals surface area contributed by atoms with Crippen LogP contribution in [-0.2, 0) is 0 Å². The number of amides is 1. The highest BCUT2D eigenvalue weighted by Crippen LogP contribution is 2.22. The van der Waals surface area contributed by atoms with Crippen LogP contribution in [0.4, 0.5) is 5.69 Å². The molecule has 106 valence electrons. The highest BCUT2D eigenvalue weighted by atomic mass is 16.5. The molecule has 1 amide bonds. The molecule has 1 heterocycles. The van der Waals surface area contributed by atoms with Gasteiger partial charge in [0.1, 0.15) is 11.4 Å². The van der Waals surface area contributed by atoms with E-state index in [1.165, 1.54) is 0 Å². The highest BCUT2D eigenvalue weighted by Gasteiger charge is 2.10. The number of nitrogens with one attached hydrogen (secondary N) is 2. The molecule has 0 saturated carbocycles. The van der Waals surface area contributed by atoms with Crippen molar-refractivity contribution >= 4 is 22.5 Å². The Morgan fingerprint density at radius 2 is 1.86 bits per heavy atom. The number of aryl methyl sites for hydroxylation is 1. The Morgan fingerprint density at radius 3 is 2.57 bits per heavy atom. The van der Waals surface area contributed by atoms with E-state index < -0.39 is 0 Å². The van der Waals surface area contributed by atoms with Gasteiger partial charge in [0.05, 0.1) is 7.11 Å². The summed E-state index contributed by atoms with van der Waals surface area (Å²) in [7, 11) is 1.62. The van der Waals surface area contributed by atoms with E-state index in [-0.39, 0.29) is 5.91 Å². The number of hydrogen-bond acceptors (Lipinski definition) is 2. The van der Waals surface area contributed by atoms with Crippen molar-refractivity contribution in [2.75, 3.05) is 12.4 Å². The summed E-state index contributed by atoms with van der Waals surface area (Å²) in [5.41, 5.74) is 3.37. The second-order valence-electron chi connectivity index (χ2n) is 4.96. The molecule has 2 aromatic carbocycles. The van der Waals surface area contributed by atoms with Crippen molar-refractivity contribution in [2.45, 2.75) is 6.92 Å². The molecule has 0 fully saturated rings. The standard InChI is InChI=1S/C17H16N2O2/c1-11-3-5-13(6-4-11)18-17(20)16-10-12-9-14(21-2)7-8-15(12)19-16/h3-10,19H,1-2H3,(H,18,20). The number of H-pyrrole nitrogens is 1. The Labute approximate surface area is 122 Å². The molecule has 0 saturated heterocycles. The Balaban J connectivity index is 1.85. The van der Waals surface area contributed by atoms with Gasteiger partial charge in [-0.25, -0.2) is 0 Å². The van der Waals surface area contributed by atoms with E-state index in [0.29, 0.717) is 5.69 Å². The maximum atomic E-state index is 12.2. The lowest BCUT2D eigenvalue weighted by atomic mass is 10.2. The predicted octanol–water partition coefficient (Wildman–Crippen LogP) is 3.74. The number of ether oxygens (including phenoxy) is 1. The summed E-state index contributed by atoms with van der Waals surface area (Å²) in [6.45, 7) is 2.01. The maximum absolute atomic E-state index is 12.2. The molecule has 2 N–H and O–H groups in total. The van der Waals surface area contributed by atoms with E-state index >= 15 is 0 Å². The first-order valence-corrected chi connectivity index (χ1v) is 6.70. The SMILES string of the molecule is COc1ccc2[nH]c(C(=O)Nc3ccc(C)cc3)cc2c1. The summed E-state index contributed by atoms with van der Waals surface area (Å²) >= 11 is 0. The summed E-state index contributed by atoms with van der Waals surface area (Å²) in [5, 5.41) is 3.82. The number of fused-ring (bicyclic) bond motifs is 1. The third-order valence-electron chi connectivity index (χ3n) is 3.38. The van der Waals surface area contributed by atoms with E-state index in [1.807, 2.05) is 55.5 Å². The number of methoxy groups -OCH3 is 1. The van der Waals surface area contributed by atoms with Crippen LogP contribution in [0.1, 0.15) is 16.1 Å². The largest absolute Gasteiger partial charge is 0.497 e. The smallest absolute Gasteiger partial charge is 0.272 e. The number of hydrogen-bond donors (Lipinski definition) is 2. The van der Waals surface area contributed by atoms with E-state index in [2.05, 4.69) is 10.3 Å². The van der Waals surface area contributed by atoms with Crippen LogP contribution in [0.3, 0.4) is 0 Å². The Hall–Kier alpha value is -2.75. The minimum atomic E-state index is -0.158. The molecule has 0 atom stereocenters. The molecule has 0 unspecified atom stereocenters. The van der Waals surface area contributed by atoms with E-state index in [4.69, 9.17) is 4.74 Å². The first kappa shape index (κ1) is 13.2. The van der Waals surface area contributed by atoms with Crippen LogP contribution in [0, 0.1) is 6.92 Å². The van der Waals surface area contributed by atoms with E-state index in [9.17, 15) is 4.79 Å². The fraction of sp³-hybridized carbons (Fsp3) is 0.118. The second-order valence-corrected chi connectivity index (χ2v) is 4.96. The average Bonchev–Trinajstić information content (AvgIpc) is 2.92. The van der Waals surface area contributed by atoms with Crippen LogP contribution in [-0.4, -0.2) is 18.0 Å². The lowest BCUT2D eigenvalue weighted by molar-refractivity contribution is 0.102. The zero-order valence-electron chi connectivity index (χ0n) is 11.9. The molecular formula is C17H16N2O2. The first-order chi connectivity index (χ1) is 10.2. The van der Waals surface area contributed by atoms with E-state index in [1.54, 1.807) is 7.11 Å². The third kappa shape index (κ3) is 2.74. The quantitative estimate of drug-likeness (QED) is 0.768. The average molecular weight is 280 g/mol. The molecule has 3 rings (SSSR count). The molecule has 0 aliphatic carbocycles. The topological polar surface area (TPSA) is 54.1 Å². The number of aromatic nitrogens is 1. The first-order valence-electron chi connectivity index (χ1n) is 6.70. The number of rotatable bonds is 3. The lowest BCUT2D eigenvalue weighted by Crippen LogP contribution is -2.12. The summed E-state index contributed by atoms with van der Waals surface area (Å²) in [6.07, 6.45) is 0. The van der Waals surface area contributed by atoms with Gasteiger partial charge in [0.25, 0.3) is 5.91 Å². The highest BCUT2D eigenvalue weighted by molar-refractivity contribution is 6.06. The van der Waals surface area contributed by atoms with E-state index in [0.717, 1.165) is 27.9 Å². The fourth-order valence-corrected chi connectivity index (χ4v) is 2.20. The Kier molecular flexibility index (Phi) is 3.36. The molecule has 3 aromatic rings. The summed E-state index contributed by atoms with van der Waals surface area (Å²) in [5.74, 6) is 0.612. The van der Waals surface area contributed by atoms with Gasteiger partial charge < -0.3 is 15.0 Å². The van der Waals surface area contributed by atoms with Crippen molar-refractivity contribution in [3.63, 3.8) is 0 Å². The van der Waals surface area contributed by atoms with Gasteiger partial charge in [0.2, 0.25) is 0 Å². The molecule has 0 aliphatic rings. The third-order valence-corrected chi connectivity index (χ3v) is 3.38. The molecule has 4 heteroatoms. The van der Waals surface area contributed by atoms with Crippen molar-refractivity contribution < 1.29 is 9.53 Å². The van der Waals surface area contributed by atoms with Crippen LogP contribution < -0.4 is 10.1 Å². The molecule has 21 heavy (non-hydrogen) atoms. The summed E-state index contributed by atoms with van der Waals surface area (Å²) in [6, 6.07) is 15.2. The monoisotopic (exact) mass is 280 g/mol. The van der Waals surface area contributed by atoms with Gasteiger partial charge in [0.15, 0.2) is 0 Å². The second kappa shape index (κ2) is 5.32. The molecular weight excluding hydrogens is 264 g/mol. The number of carbonyl (C=O) groups is 1. The zero-order valence-corrected chi connectivity index (χ0v) is 11.9. The van der Waals surface area contributed by atoms with Crippen molar-refractivity contribution in [3.8, 4) is 5.75 Å². The van der Waals surface area contributed by atoms with Crippen molar-refractivity contribution in [1.82, 2.24) is 4.98 Å². The maximum Gasteiger partial charge on any atom is 0.272 e. The molecule has 0 bridgehead atoms. The summed E-state index contributed by atoms with van der Waals surface area (Å²) < 4.78 is 5.18. The van der Waals surface area contributed by atoms with Crippen molar-refractivity contribution in [3.05, 3.63) is 59.8 Å². The van der Waals surface area contributed by atoms with Gasteiger partial charge >= 0.3 is 0 Å². The molecule has 0 aliphatic heterocycles. The minimum absolute atomic E-state index is 0.158. The van der Waals surface area contributed by atoms with Crippen molar-refractivity contribution in [2.24, 2.45) is 0 Å². The predicted molar refractivity (Wildman–Crippen MR) is 84.0 cm³/mol. The van der Waals surface area contributed by atoms with Gasteiger partial charge in [-0.15, -0.1) is 0 Å². The van der Waals surface area contributed by atoms with Gasteiger partial charge in [-0.2, -0.15) is 0 Å².